The largest absolute Gasteiger partial charge is 0.323 e. The Hall–Kier alpha value is -2.76. The Morgan fingerprint density at radius 1 is 1.05 bits per heavy atom. The van der Waals surface area contributed by atoms with Crippen molar-refractivity contribution in [3.05, 3.63) is 53.5 Å². The van der Waals surface area contributed by atoms with Crippen molar-refractivity contribution in [2.75, 3.05) is 0 Å². The maximum absolute atomic E-state index is 4.60. The van der Waals surface area contributed by atoms with E-state index in [0.29, 0.717) is 6.54 Å². The highest BCUT2D eigenvalue weighted by Gasteiger charge is 2.17. The first kappa shape index (κ1) is 12.9. The quantitative estimate of drug-likeness (QED) is 0.569. The smallest absolute Gasteiger partial charge is 0.168 e. The molecule has 0 spiro atoms. The van der Waals surface area contributed by atoms with Crippen molar-refractivity contribution in [2.45, 2.75) is 27.3 Å². The summed E-state index contributed by atoms with van der Waals surface area (Å²) in [6.07, 6.45) is 3.54. The summed E-state index contributed by atoms with van der Waals surface area (Å²) >= 11 is 0. The average molecular weight is 292 g/mol. The molecule has 110 valence electrons. The Balaban J connectivity index is 1.99. The molecule has 0 fully saturated rings. The molecular weight excluding hydrogens is 276 g/mol. The third-order valence-electron chi connectivity index (χ3n) is 4.10. The Kier molecular flexibility index (Phi) is 2.72. The number of hydrogen-bond donors (Lipinski definition) is 0. The molecule has 0 aromatic carbocycles. The molecular formula is C16H16N6. The molecule has 4 aromatic heterocycles. The van der Waals surface area contributed by atoms with Crippen LogP contribution in [0.2, 0.25) is 0 Å². The van der Waals surface area contributed by atoms with E-state index < -0.39 is 0 Å². The van der Waals surface area contributed by atoms with Gasteiger partial charge in [0.05, 0.1) is 17.6 Å². The van der Waals surface area contributed by atoms with Crippen LogP contribution in [-0.4, -0.2) is 29.1 Å². The summed E-state index contributed by atoms with van der Waals surface area (Å²) in [4.78, 5) is 13.6. The highest BCUT2D eigenvalue weighted by molar-refractivity contribution is 5.93. The van der Waals surface area contributed by atoms with Gasteiger partial charge in [-0.05, 0) is 38.5 Å². The molecule has 0 radical (unpaired) electrons. The van der Waals surface area contributed by atoms with Crippen molar-refractivity contribution in [2.24, 2.45) is 0 Å². The first-order chi connectivity index (χ1) is 10.6. The van der Waals surface area contributed by atoms with E-state index >= 15 is 0 Å². The molecule has 0 N–H and O–H groups in total. The van der Waals surface area contributed by atoms with Gasteiger partial charge < -0.3 is 4.57 Å². The van der Waals surface area contributed by atoms with Crippen LogP contribution in [-0.2, 0) is 6.54 Å². The molecule has 22 heavy (non-hydrogen) atoms. The third kappa shape index (κ3) is 1.80. The second-order valence-electron chi connectivity index (χ2n) is 5.49. The fourth-order valence-electron chi connectivity index (χ4n) is 2.88. The molecule has 6 heteroatoms. The summed E-state index contributed by atoms with van der Waals surface area (Å²) in [7, 11) is 0. The molecule has 0 amide bonds. The van der Waals surface area contributed by atoms with Crippen LogP contribution in [0.15, 0.2) is 30.7 Å². The molecule has 0 saturated heterocycles. The normalized spacial score (nSPS) is 11.6. The van der Waals surface area contributed by atoms with Crippen molar-refractivity contribution < 1.29 is 0 Å². The second-order valence-corrected chi connectivity index (χ2v) is 5.49. The van der Waals surface area contributed by atoms with Crippen molar-refractivity contribution in [1.82, 2.24) is 29.1 Å². The van der Waals surface area contributed by atoms with Gasteiger partial charge in [-0.25, -0.2) is 14.5 Å². The fraction of sp³-hybridized carbons (Fsp3) is 0.250. The number of aryl methyl sites for hydroxylation is 2. The summed E-state index contributed by atoms with van der Waals surface area (Å²) in [6.45, 7) is 6.82. The van der Waals surface area contributed by atoms with Gasteiger partial charge in [0.15, 0.2) is 5.65 Å². The molecule has 4 rings (SSSR count). The molecule has 4 aromatic rings. The Morgan fingerprint density at radius 2 is 1.91 bits per heavy atom. The van der Waals surface area contributed by atoms with E-state index in [1.54, 1.807) is 10.8 Å². The molecule has 0 atom stereocenters. The third-order valence-corrected chi connectivity index (χ3v) is 4.10. The summed E-state index contributed by atoms with van der Waals surface area (Å²) in [5.41, 5.74) is 5.18. The van der Waals surface area contributed by atoms with Crippen molar-refractivity contribution in [3.8, 4) is 0 Å². The fourth-order valence-corrected chi connectivity index (χ4v) is 2.88. The van der Waals surface area contributed by atoms with Gasteiger partial charge in [-0.15, -0.1) is 0 Å². The molecule has 0 aliphatic rings. The van der Waals surface area contributed by atoms with Gasteiger partial charge in [-0.1, -0.05) is 6.07 Å². The zero-order chi connectivity index (χ0) is 15.3. The lowest BCUT2D eigenvalue weighted by Gasteiger charge is -2.07. The van der Waals surface area contributed by atoms with Crippen molar-refractivity contribution in [1.29, 1.82) is 0 Å². The molecule has 0 aliphatic heterocycles. The summed E-state index contributed by atoms with van der Waals surface area (Å²) in [5.74, 6) is 0.754. The van der Waals surface area contributed by atoms with Crippen LogP contribution in [0.5, 0.6) is 0 Å². The van der Waals surface area contributed by atoms with E-state index in [1.165, 1.54) is 11.3 Å². The average Bonchev–Trinajstić information content (AvgIpc) is 3.01. The van der Waals surface area contributed by atoms with E-state index in [-0.39, 0.29) is 0 Å². The molecule has 0 saturated carbocycles. The van der Waals surface area contributed by atoms with Crippen LogP contribution in [0.25, 0.3) is 16.7 Å². The van der Waals surface area contributed by atoms with Gasteiger partial charge in [0.1, 0.15) is 17.8 Å². The monoisotopic (exact) mass is 292 g/mol. The molecule has 0 unspecified atom stereocenters. The first-order valence-electron chi connectivity index (χ1n) is 7.22. The number of aromatic nitrogens is 6. The van der Waals surface area contributed by atoms with Crippen molar-refractivity contribution in [3.63, 3.8) is 0 Å². The van der Waals surface area contributed by atoms with Crippen molar-refractivity contribution >= 4 is 16.7 Å². The van der Waals surface area contributed by atoms with E-state index in [0.717, 1.165) is 28.2 Å². The van der Waals surface area contributed by atoms with Crippen LogP contribution in [0, 0.1) is 20.8 Å². The minimum absolute atomic E-state index is 0.702. The van der Waals surface area contributed by atoms with Crippen LogP contribution in [0.4, 0.5) is 0 Å². The second kappa shape index (κ2) is 4.62. The lowest BCUT2D eigenvalue weighted by Crippen LogP contribution is -2.04. The van der Waals surface area contributed by atoms with Gasteiger partial charge in [-0.3, -0.25) is 4.98 Å². The summed E-state index contributed by atoms with van der Waals surface area (Å²) < 4.78 is 3.94. The number of nitrogens with zero attached hydrogens (tertiary/aromatic N) is 6. The minimum atomic E-state index is 0.702. The van der Waals surface area contributed by atoms with E-state index in [2.05, 4.69) is 38.5 Å². The Morgan fingerprint density at radius 3 is 2.68 bits per heavy atom. The lowest BCUT2D eigenvalue weighted by atomic mass is 10.2. The van der Waals surface area contributed by atoms with Crippen LogP contribution in [0.3, 0.4) is 0 Å². The maximum Gasteiger partial charge on any atom is 0.168 e. The van der Waals surface area contributed by atoms with Crippen LogP contribution >= 0.6 is 0 Å². The molecule has 4 heterocycles. The van der Waals surface area contributed by atoms with Gasteiger partial charge in [0.25, 0.3) is 0 Å². The van der Waals surface area contributed by atoms with E-state index in [9.17, 15) is 0 Å². The molecule has 0 aliphatic carbocycles. The summed E-state index contributed by atoms with van der Waals surface area (Å²) in [5, 5.41) is 5.41. The predicted molar refractivity (Wildman–Crippen MR) is 83.8 cm³/mol. The van der Waals surface area contributed by atoms with Crippen LogP contribution in [0.1, 0.15) is 22.8 Å². The standard InChI is InChI=1S/C16H16N6/c1-10-11(2)21(8-13-6-4-5-7-17-13)15-14(10)16-19-12(3)20-22(16)9-18-15/h4-7,9H,8H2,1-3H3. The minimum Gasteiger partial charge on any atom is -0.323 e. The highest BCUT2D eigenvalue weighted by atomic mass is 15.3. The summed E-state index contributed by atoms with van der Waals surface area (Å²) in [6, 6.07) is 5.96. The number of fused-ring (bicyclic) bond motifs is 3. The van der Waals surface area contributed by atoms with Gasteiger partial charge in [0, 0.05) is 11.9 Å². The maximum atomic E-state index is 4.60. The van der Waals surface area contributed by atoms with E-state index in [4.69, 9.17) is 0 Å². The predicted octanol–water partition coefficient (Wildman–Crippen LogP) is 2.45. The van der Waals surface area contributed by atoms with Gasteiger partial charge >= 0.3 is 0 Å². The van der Waals surface area contributed by atoms with Gasteiger partial charge in [0.2, 0.25) is 0 Å². The molecule has 6 nitrogen and oxygen atoms in total. The van der Waals surface area contributed by atoms with Gasteiger partial charge in [-0.2, -0.15) is 5.10 Å². The first-order valence-corrected chi connectivity index (χ1v) is 7.22. The SMILES string of the molecule is Cc1nc2c3c(C)c(C)n(Cc4ccccn4)c3ncn2n1. The number of pyridine rings is 1. The molecule has 0 bridgehead atoms. The van der Waals surface area contributed by atoms with Crippen LogP contribution < -0.4 is 0 Å². The lowest BCUT2D eigenvalue weighted by molar-refractivity contribution is 0.765. The van der Waals surface area contributed by atoms with E-state index in [1.807, 2.05) is 31.3 Å². The topological polar surface area (TPSA) is 60.9 Å². The number of rotatable bonds is 2. The zero-order valence-electron chi connectivity index (χ0n) is 12.8. The Labute approximate surface area is 127 Å². The number of hydrogen-bond acceptors (Lipinski definition) is 4. The zero-order valence-corrected chi connectivity index (χ0v) is 12.8. The highest BCUT2D eigenvalue weighted by Crippen LogP contribution is 2.27. The Bertz CT molecular complexity index is 980.